The number of nitrogens with one attached hydrogen (secondary N) is 1. The van der Waals surface area contributed by atoms with Crippen molar-refractivity contribution < 1.29 is 0 Å². The molecule has 11 heavy (non-hydrogen) atoms. The molecule has 0 rings (SSSR count). The van der Waals surface area contributed by atoms with Crippen molar-refractivity contribution in [2.45, 2.75) is 27.7 Å². The van der Waals surface area contributed by atoms with Gasteiger partial charge in [-0.05, 0) is 18.2 Å². The van der Waals surface area contributed by atoms with Crippen LogP contribution in [0.4, 0.5) is 0 Å². The molecule has 0 aromatic heterocycles. The molecule has 0 unspecified atom stereocenters. The summed E-state index contributed by atoms with van der Waals surface area (Å²) in [5.41, 5.74) is 0.907. The molecule has 0 saturated carbocycles. The minimum Gasteiger partial charge on any atom is -0.308 e. The monoisotopic (exact) mass is 154 g/mol. The average Bonchev–Trinajstić information content (AvgIpc) is 2.03. The molecular weight excluding hydrogens is 136 g/mol. The van der Waals surface area contributed by atoms with Crippen LogP contribution in [0.3, 0.4) is 0 Å². The van der Waals surface area contributed by atoms with Crippen molar-refractivity contribution >= 4 is 12.9 Å². The Labute approximate surface area is 69.6 Å². The molecule has 1 N–H and O–H groups in total. The Kier molecular flexibility index (Phi) is 10.5. The number of hydrogen-bond acceptors (Lipinski definition) is 2. The van der Waals surface area contributed by atoms with E-state index in [9.17, 15) is 0 Å². The molecule has 0 spiro atoms. The molecule has 64 valence electrons. The molecule has 0 fully saturated rings. The lowest BCUT2D eigenvalue weighted by Crippen LogP contribution is -1.93. The Hall–Kier alpha value is -0.920. The summed E-state index contributed by atoms with van der Waals surface area (Å²) >= 11 is 0. The summed E-state index contributed by atoms with van der Waals surface area (Å²) in [6, 6.07) is 0. The van der Waals surface area contributed by atoms with Crippen molar-refractivity contribution in [1.29, 1.82) is 5.41 Å². The summed E-state index contributed by atoms with van der Waals surface area (Å²) in [4.78, 5) is 3.56. The SMILES string of the molecule is C=N/C=C(\C=N)C(C)C.CC. The lowest BCUT2D eigenvalue weighted by Gasteiger charge is -2.00. The first-order valence-corrected chi connectivity index (χ1v) is 3.88. The van der Waals surface area contributed by atoms with Crippen LogP contribution < -0.4 is 0 Å². The van der Waals surface area contributed by atoms with Crippen molar-refractivity contribution in [2.24, 2.45) is 10.9 Å². The molecule has 0 heterocycles. The molecule has 0 aliphatic rings. The zero-order chi connectivity index (χ0) is 9.28. The van der Waals surface area contributed by atoms with Gasteiger partial charge in [-0.2, -0.15) is 0 Å². The molecule has 2 heteroatoms. The Morgan fingerprint density at radius 2 is 1.91 bits per heavy atom. The maximum atomic E-state index is 6.91. The van der Waals surface area contributed by atoms with Crippen molar-refractivity contribution in [1.82, 2.24) is 0 Å². The van der Waals surface area contributed by atoms with E-state index in [1.807, 2.05) is 27.7 Å². The van der Waals surface area contributed by atoms with Gasteiger partial charge < -0.3 is 5.41 Å². The third-order valence-corrected chi connectivity index (χ3v) is 1.07. The zero-order valence-corrected chi connectivity index (χ0v) is 7.89. The molecule has 0 bridgehead atoms. The molecule has 0 aliphatic carbocycles. The highest BCUT2D eigenvalue weighted by Gasteiger charge is 1.96. The van der Waals surface area contributed by atoms with Gasteiger partial charge in [0.2, 0.25) is 0 Å². The van der Waals surface area contributed by atoms with Gasteiger partial charge in [0.1, 0.15) is 0 Å². The van der Waals surface area contributed by atoms with Crippen LogP contribution >= 0.6 is 0 Å². The molecule has 0 amide bonds. The fourth-order valence-electron chi connectivity index (χ4n) is 0.458. The van der Waals surface area contributed by atoms with Gasteiger partial charge in [-0.3, -0.25) is 4.99 Å². The molecule has 0 aromatic carbocycles. The standard InChI is InChI=1S/C7H12N2.C2H6/c1-6(2)7(4-8)5-9-3;1-2/h4-6,8H,3H2,1-2H3;1-2H3/b7-5+,8-4?;. The summed E-state index contributed by atoms with van der Waals surface area (Å²) in [6.45, 7) is 11.3. The van der Waals surface area contributed by atoms with Gasteiger partial charge in [0.25, 0.3) is 0 Å². The van der Waals surface area contributed by atoms with Crippen LogP contribution in [0.5, 0.6) is 0 Å². The van der Waals surface area contributed by atoms with Gasteiger partial charge >= 0.3 is 0 Å². The number of hydrogen-bond donors (Lipinski definition) is 1. The van der Waals surface area contributed by atoms with Crippen molar-refractivity contribution in [2.75, 3.05) is 0 Å². The highest BCUT2D eigenvalue weighted by Crippen LogP contribution is 2.05. The molecule has 2 nitrogen and oxygen atoms in total. The van der Waals surface area contributed by atoms with E-state index in [0.29, 0.717) is 5.92 Å². The highest BCUT2D eigenvalue weighted by atomic mass is 14.6. The van der Waals surface area contributed by atoms with Crippen LogP contribution in [0.15, 0.2) is 16.8 Å². The van der Waals surface area contributed by atoms with Gasteiger partial charge in [0.15, 0.2) is 0 Å². The topological polar surface area (TPSA) is 36.2 Å². The lowest BCUT2D eigenvalue weighted by molar-refractivity contribution is 0.803. The Balaban J connectivity index is 0. The fourth-order valence-corrected chi connectivity index (χ4v) is 0.458. The van der Waals surface area contributed by atoms with Gasteiger partial charge in [0.05, 0.1) is 0 Å². The van der Waals surface area contributed by atoms with E-state index in [1.54, 1.807) is 6.20 Å². The molecule has 0 saturated heterocycles. The predicted molar refractivity (Wildman–Crippen MR) is 52.6 cm³/mol. The van der Waals surface area contributed by atoms with Gasteiger partial charge in [-0.15, -0.1) is 0 Å². The molecule has 0 aliphatic heterocycles. The molecule has 0 radical (unpaired) electrons. The third kappa shape index (κ3) is 6.97. The smallest absolute Gasteiger partial charge is 0.0310 e. The first-order valence-electron chi connectivity index (χ1n) is 3.88. The number of nitrogens with zero attached hydrogens (tertiary/aromatic N) is 1. The van der Waals surface area contributed by atoms with E-state index < -0.39 is 0 Å². The van der Waals surface area contributed by atoms with Crippen LogP contribution in [-0.4, -0.2) is 12.9 Å². The Morgan fingerprint density at radius 1 is 1.45 bits per heavy atom. The predicted octanol–water partition coefficient (Wildman–Crippen LogP) is 2.90. The summed E-state index contributed by atoms with van der Waals surface area (Å²) in [6.07, 6.45) is 2.91. The van der Waals surface area contributed by atoms with E-state index >= 15 is 0 Å². The summed E-state index contributed by atoms with van der Waals surface area (Å²) in [7, 11) is 0. The number of rotatable bonds is 3. The number of allylic oxidation sites excluding steroid dienone is 1. The molecule has 0 aromatic rings. The van der Waals surface area contributed by atoms with E-state index in [2.05, 4.69) is 11.7 Å². The largest absolute Gasteiger partial charge is 0.308 e. The first-order chi connectivity index (χ1) is 5.22. The Morgan fingerprint density at radius 3 is 2.00 bits per heavy atom. The van der Waals surface area contributed by atoms with Gasteiger partial charge in [0, 0.05) is 12.4 Å². The third-order valence-electron chi connectivity index (χ3n) is 1.07. The zero-order valence-electron chi connectivity index (χ0n) is 7.89. The van der Waals surface area contributed by atoms with Crippen molar-refractivity contribution in [3.8, 4) is 0 Å². The van der Waals surface area contributed by atoms with Crippen molar-refractivity contribution in [3.05, 3.63) is 11.8 Å². The summed E-state index contributed by atoms with van der Waals surface area (Å²) in [5, 5.41) is 6.91. The first kappa shape index (κ1) is 12.7. The van der Waals surface area contributed by atoms with E-state index in [4.69, 9.17) is 5.41 Å². The summed E-state index contributed by atoms with van der Waals surface area (Å²) in [5.74, 6) is 0.369. The highest BCUT2D eigenvalue weighted by molar-refractivity contribution is 5.76. The quantitative estimate of drug-likeness (QED) is 0.607. The fraction of sp³-hybridized carbons (Fsp3) is 0.556. The summed E-state index contributed by atoms with van der Waals surface area (Å²) < 4.78 is 0. The van der Waals surface area contributed by atoms with Gasteiger partial charge in [-0.25, -0.2) is 0 Å². The average molecular weight is 154 g/mol. The normalized spacial score (nSPS) is 10.1. The Bertz CT molecular complexity index is 134. The van der Waals surface area contributed by atoms with Crippen LogP contribution in [0.1, 0.15) is 27.7 Å². The minimum absolute atomic E-state index is 0.369. The maximum Gasteiger partial charge on any atom is 0.0310 e. The molecule has 0 atom stereocenters. The van der Waals surface area contributed by atoms with Crippen LogP contribution in [0, 0.1) is 11.3 Å². The van der Waals surface area contributed by atoms with Crippen LogP contribution in [0.2, 0.25) is 0 Å². The second-order valence-electron chi connectivity index (χ2n) is 2.11. The minimum atomic E-state index is 0.369. The number of aliphatic imine (C=N–C) groups is 1. The molecular formula is C9H18N2. The van der Waals surface area contributed by atoms with Crippen LogP contribution in [0.25, 0.3) is 0 Å². The van der Waals surface area contributed by atoms with E-state index in [1.165, 1.54) is 6.21 Å². The second kappa shape index (κ2) is 9.08. The lowest BCUT2D eigenvalue weighted by atomic mass is 10.1. The van der Waals surface area contributed by atoms with Crippen molar-refractivity contribution in [3.63, 3.8) is 0 Å². The maximum absolute atomic E-state index is 6.91. The van der Waals surface area contributed by atoms with E-state index in [-0.39, 0.29) is 0 Å². The van der Waals surface area contributed by atoms with Crippen LogP contribution in [-0.2, 0) is 0 Å². The van der Waals surface area contributed by atoms with E-state index in [0.717, 1.165) is 5.57 Å². The second-order valence-corrected chi connectivity index (χ2v) is 2.11. The van der Waals surface area contributed by atoms with Gasteiger partial charge in [-0.1, -0.05) is 27.7 Å².